The number of rotatable bonds is 1. The summed E-state index contributed by atoms with van der Waals surface area (Å²) in [6.45, 7) is 3.61. The Bertz CT molecular complexity index is 276. The lowest BCUT2D eigenvalue weighted by Gasteiger charge is -2.15. The summed E-state index contributed by atoms with van der Waals surface area (Å²) >= 11 is 0. The Kier molecular flexibility index (Phi) is 2.72. The smallest absolute Gasteiger partial charge is 0.251 e. The minimum atomic E-state index is -3.21. The Hall–Kier alpha value is -0.580. The van der Waals surface area contributed by atoms with Crippen molar-refractivity contribution in [3.05, 3.63) is 0 Å². The van der Waals surface area contributed by atoms with E-state index in [1.807, 2.05) is 4.90 Å². The first-order valence-electron chi connectivity index (χ1n) is 4.00. The first-order chi connectivity index (χ1) is 5.49. The second kappa shape index (κ2) is 3.43. The minimum Gasteiger partial charge on any atom is -0.360 e. The Labute approximate surface area is 73.3 Å². The molecule has 0 aliphatic carbocycles. The summed E-state index contributed by atoms with van der Waals surface area (Å²) in [5.41, 5.74) is 0. The van der Waals surface area contributed by atoms with Crippen molar-refractivity contribution in [2.75, 3.05) is 19.3 Å². The van der Waals surface area contributed by atoms with Crippen LogP contribution in [0, 0.1) is 0 Å². The maximum absolute atomic E-state index is 10.8. The number of amidine groups is 1. The van der Waals surface area contributed by atoms with Gasteiger partial charge in [-0.3, -0.25) is 0 Å². The fourth-order valence-corrected chi connectivity index (χ4v) is 1.93. The van der Waals surface area contributed by atoms with E-state index < -0.39 is 10.0 Å². The van der Waals surface area contributed by atoms with E-state index in [0.29, 0.717) is 5.84 Å². The maximum Gasteiger partial charge on any atom is 0.251 e. The minimum absolute atomic E-state index is 0.620. The molecule has 0 amide bonds. The molecule has 12 heavy (non-hydrogen) atoms. The molecular weight excluding hydrogens is 176 g/mol. The predicted octanol–water partition coefficient (Wildman–Crippen LogP) is 0.460. The molecule has 0 aromatic carbocycles. The standard InChI is InChI=1S/C7H14N2O2S/c1-7(8-12(2,10)11)9-5-3-4-6-9/h3-6H2,1-2H3/b8-7-. The molecule has 1 rings (SSSR count). The molecule has 0 aromatic rings. The highest BCUT2D eigenvalue weighted by Gasteiger charge is 2.13. The molecular formula is C7H14N2O2S. The Morgan fingerprint density at radius 3 is 2.25 bits per heavy atom. The average molecular weight is 190 g/mol. The van der Waals surface area contributed by atoms with E-state index in [0.717, 1.165) is 32.2 Å². The predicted molar refractivity (Wildman–Crippen MR) is 48.8 cm³/mol. The monoisotopic (exact) mass is 190 g/mol. The molecule has 1 fully saturated rings. The normalized spacial score (nSPS) is 20.2. The van der Waals surface area contributed by atoms with E-state index in [1.165, 1.54) is 0 Å². The highest BCUT2D eigenvalue weighted by molar-refractivity contribution is 7.89. The van der Waals surface area contributed by atoms with Crippen LogP contribution >= 0.6 is 0 Å². The number of sulfonamides is 1. The highest BCUT2D eigenvalue weighted by atomic mass is 32.2. The molecule has 70 valence electrons. The third-order valence-corrected chi connectivity index (χ3v) is 2.46. The second-order valence-electron chi connectivity index (χ2n) is 3.07. The van der Waals surface area contributed by atoms with Gasteiger partial charge in [0.25, 0.3) is 10.0 Å². The molecule has 0 aromatic heterocycles. The summed E-state index contributed by atoms with van der Waals surface area (Å²) in [4.78, 5) is 2.00. The van der Waals surface area contributed by atoms with Gasteiger partial charge >= 0.3 is 0 Å². The lowest BCUT2D eigenvalue weighted by Crippen LogP contribution is -2.25. The van der Waals surface area contributed by atoms with Crippen LogP contribution in [0.25, 0.3) is 0 Å². The van der Waals surface area contributed by atoms with Gasteiger partial charge in [0.05, 0.1) is 6.26 Å². The van der Waals surface area contributed by atoms with Crippen LogP contribution in [0.2, 0.25) is 0 Å². The van der Waals surface area contributed by atoms with Gasteiger partial charge in [0.15, 0.2) is 0 Å². The molecule has 5 heteroatoms. The summed E-state index contributed by atoms with van der Waals surface area (Å²) < 4.78 is 25.2. The largest absolute Gasteiger partial charge is 0.360 e. The Morgan fingerprint density at radius 2 is 1.83 bits per heavy atom. The lowest BCUT2D eigenvalue weighted by atomic mass is 10.4. The molecule has 0 N–H and O–H groups in total. The third kappa shape index (κ3) is 2.81. The first kappa shape index (κ1) is 9.51. The first-order valence-corrected chi connectivity index (χ1v) is 5.85. The van der Waals surface area contributed by atoms with Crippen molar-refractivity contribution < 1.29 is 8.42 Å². The van der Waals surface area contributed by atoms with Crippen LogP contribution in [0.3, 0.4) is 0 Å². The number of hydrogen-bond acceptors (Lipinski definition) is 2. The summed E-state index contributed by atoms with van der Waals surface area (Å²) in [6, 6.07) is 0. The van der Waals surface area contributed by atoms with Crippen molar-refractivity contribution in [2.45, 2.75) is 19.8 Å². The number of nitrogens with zero attached hydrogens (tertiary/aromatic N) is 2. The van der Waals surface area contributed by atoms with Gasteiger partial charge in [-0.15, -0.1) is 0 Å². The maximum atomic E-state index is 10.8. The Balaban J connectivity index is 2.69. The van der Waals surface area contributed by atoms with Gasteiger partial charge in [0.2, 0.25) is 0 Å². The van der Waals surface area contributed by atoms with E-state index in [1.54, 1.807) is 6.92 Å². The van der Waals surface area contributed by atoms with Crippen molar-refractivity contribution in [1.82, 2.24) is 4.90 Å². The number of hydrogen-bond donors (Lipinski definition) is 0. The molecule has 1 aliphatic rings. The molecule has 0 radical (unpaired) electrons. The van der Waals surface area contributed by atoms with Crippen LogP contribution in [0.4, 0.5) is 0 Å². The molecule has 0 spiro atoms. The van der Waals surface area contributed by atoms with Crippen molar-refractivity contribution in [3.63, 3.8) is 0 Å². The topological polar surface area (TPSA) is 49.7 Å². The van der Waals surface area contributed by atoms with E-state index in [-0.39, 0.29) is 0 Å². The fraction of sp³-hybridized carbons (Fsp3) is 0.857. The summed E-state index contributed by atoms with van der Waals surface area (Å²) in [6.07, 6.45) is 3.39. The molecule has 0 saturated carbocycles. The summed E-state index contributed by atoms with van der Waals surface area (Å²) in [5, 5.41) is 0. The van der Waals surface area contributed by atoms with Crippen molar-refractivity contribution in [1.29, 1.82) is 0 Å². The Morgan fingerprint density at radius 1 is 1.33 bits per heavy atom. The van der Waals surface area contributed by atoms with E-state index >= 15 is 0 Å². The molecule has 4 nitrogen and oxygen atoms in total. The van der Waals surface area contributed by atoms with E-state index in [4.69, 9.17) is 0 Å². The van der Waals surface area contributed by atoms with Crippen LogP contribution in [-0.4, -0.2) is 38.5 Å². The van der Waals surface area contributed by atoms with E-state index in [9.17, 15) is 8.42 Å². The van der Waals surface area contributed by atoms with Gasteiger partial charge in [0, 0.05) is 13.1 Å². The zero-order chi connectivity index (χ0) is 9.19. The molecule has 0 unspecified atom stereocenters. The van der Waals surface area contributed by atoms with Gasteiger partial charge in [-0.25, -0.2) is 8.42 Å². The molecule has 0 atom stereocenters. The SMILES string of the molecule is C/C(=N/S(C)(=O)=O)N1CCCC1. The quantitative estimate of drug-likeness (QED) is 0.446. The number of likely N-dealkylation sites (tertiary alicyclic amines) is 1. The van der Waals surface area contributed by atoms with Gasteiger partial charge in [-0.2, -0.15) is 4.40 Å². The van der Waals surface area contributed by atoms with Crippen molar-refractivity contribution in [3.8, 4) is 0 Å². The van der Waals surface area contributed by atoms with Crippen LogP contribution in [0.1, 0.15) is 19.8 Å². The van der Waals surface area contributed by atoms with Gasteiger partial charge in [-0.05, 0) is 19.8 Å². The fourth-order valence-electron chi connectivity index (χ4n) is 1.34. The van der Waals surface area contributed by atoms with Crippen LogP contribution in [0.15, 0.2) is 4.40 Å². The van der Waals surface area contributed by atoms with Gasteiger partial charge in [0.1, 0.15) is 5.84 Å². The van der Waals surface area contributed by atoms with Crippen LogP contribution in [-0.2, 0) is 10.0 Å². The van der Waals surface area contributed by atoms with Crippen molar-refractivity contribution >= 4 is 15.9 Å². The second-order valence-corrected chi connectivity index (χ2v) is 4.71. The summed E-state index contributed by atoms with van der Waals surface area (Å²) in [7, 11) is -3.21. The van der Waals surface area contributed by atoms with Crippen molar-refractivity contribution in [2.24, 2.45) is 4.40 Å². The van der Waals surface area contributed by atoms with Crippen LogP contribution in [0.5, 0.6) is 0 Å². The highest BCUT2D eigenvalue weighted by Crippen LogP contribution is 2.08. The lowest BCUT2D eigenvalue weighted by molar-refractivity contribution is 0.516. The zero-order valence-corrected chi connectivity index (χ0v) is 8.26. The van der Waals surface area contributed by atoms with Gasteiger partial charge in [-0.1, -0.05) is 0 Å². The molecule has 1 heterocycles. The zero-order valence-electron chi connectivity index (χ0n) is 7.45. The molecule has 0 bridgehead atoms. The van der Waals surface area contributed by atoms with Crippen LogP contribution < -0.4 is 0 Å². The molecule has 1 saturated heterocycles. The van der Waals surface area contributed by atoms with E-state index in [2.05, 4.69) is 4.40 Å². The average Bonchev–Trinajstić information content (AvgIpc) is 2.32. The molecule has 1 aliphatic heterocycles. The third-order valence-electron chi connectivity index (χ3n) is 1.86. The van der Waals surface area contributed by atoms with Gasteiger partial charge < -0.3 is 4.90 Å². The summed E-state index contributed by atoms with van der Waals surface area (Å²) in [5.74, 6) is 0.620.